The van der Waals surface area contributed by atoms with Crippen molar-refractivity contribution in [3.8, 4) is 0 Å². The Balaban J connectivity index is 1.80. The van der Waals surface area contributed by atoms with E-state index in [0.717, 1.165) is 46.5 Å². The summed E-state index contributed by atoms with van der Waals surface area (Å²) in [6.07, 6.45) is 4.25. The number of anilines is 1. The van der Waals surface area contributed by atoms with Crippen LogP contribution in [0.1, 0.15) is 43.6 Å². The molecular formula is C20H24ClN3. The molecule has 0 aliphatic carbocycles. The molecule has 3 rings (SSSR count). The minimum Gasteiger partial charge on any atom is -0.355 e. The molecule has 0 spiro atoms. The van der Waals surface area contributed by atoms with Gasteiger partial charge >= 0.3 is 0 Å². The first-order valence-electron chi connectivity index (χ1n) is 8.39. The third-order valence-corrected chi connectivity index (χ3v) is 5.11. The van der Waals surface area contributed by atoms with Gasteiger partial charge in [-0.15, -0.1) is 0 Å². The van der Waals surface area contributed by atoms with Crippen LogP contribution in [0, 0.1) is 12.3 Å². The highest BCUT2D eigenvalue weighted by molar-refractivity contribution is 6.30. The van der Waals surface area contributed by atoms with Crippen LogP contribution in [0.4, 0.5) is 5.82 Å². The van der Waals surface area contributed by atoms with Crippen molar-refractivity contribution in [3.63, 3.8) is 0 Å². The summed E-state index contributed by atoms with van der Waals surface area (Å²) in [6, 6.07) is 7.67. The molecule has 1 saturated heterocycles. The fourth-order valence-electron chi connectivity index (χ4n) is 3.05. The number of piperidine rings is 1. The standard InChI is InChI=1S/C20H24ClN3/c1-14(16-5-7-17(21)8-6-16)19-15(2)23-18(13-22-19)24-11-9-20(3,4)10-12-24/h5-8,13H,1,9-12H2,2-4H3. The van der Waals surface area contributed by atoms with Crippen LogP contribution in [0.2, 0.25) is 5.02 Å². The summed E-state index contributed by atoms with van der Waals surface area (Å²) in [7, 11) is 0. The molecule has 0 N–H and O–H groups in total. The lowest BCUT2D eigenvalue weighted by molar-refractivity contribution is 0.279. The Morgan fingerprint density at radius 3 is 2.38 bits per heavy atom. The van der Waals surface area contributed by atoms with Gasteiger partial charge in [-0.25, -0.2) is 4.98 Å². The zero-order valence-corrected chi connectivity index (χ0v) is 15.4. The molecule has 0 unspecified atom stereocenters. The van der Waals surface area contributed by atoms with Gasteiger partial charge in [-0.3, -0.25) is 4.98 Å². The molecular weight excluding hydrogens is 318 g/mol. The maximum Gasteiger partial charge on any atom is 0.147 e. The summed E-state index contributed by atoms with van der Waals surface area (Å²) in [5.41, 5.74) is 4.09. The minimum atomic E-state index is 0.432. The van der Waals surface area contributed by atoms with Gasteiger partial charge in [0.2, 0.25) is 0 Å². The molecule has 24 heavy (non-hydrogen) atoms. The van der Waals surface area contributed by atoms with Gasteiger partial charge in [0.25, 0.3) is 0 Å². The van der Waals surface area contributed by atoms with E-state index in [4.69, 9.17) is 16.6 Å². The van der Waals surface area contributed by atoms with E-state index in [1.54, 1.807) is 0 Å². The van der Waals surface area contributed by atoms with E-state index in [-0.39, 0.29) is 0 Å². The molecule has 1 aromatic heterocycles. The topological polar surface area (TPSA) is 29.0 Å². The van der Waals surface area contributed by atoms with Crippen molar-refractivity contribution >= 4 is 23.0 Å². The lowest BCUT2D eigenvalue weighted by Crippen LogP contribution is -2.37. The lowest BCUT2D eigenvalue weighted by atomic mass is 9.83. The summed E-state index contributed by atoms with van der Waals surface area (Å²) in [5.74, 6) is 0.968. The molecule has 0 radical (unpaired) electrons. The second kappa shape index (κ2) is 6.56. The van der Waals surface area contributed by atoms with Crippen molar-refractivity contribution in [2.75, 3.05) is 18.0 Å². The van der Waals surface area contributed by atoms with Crippen LogP contribution in [-0.4, -0.2) is 23.1 Å². The Kier molecular flexibility index (Phi) is 4.64. The highest BCUT2D eigenvalue weighted by Crippen LogP contribution is 2.32. The summed E-state index contributed by atoms with van der Waals surface area (Å²) < 4.78 is 0. The van der Waals surface area contributed by atoms with Gasteiger partial charge in [-0.1, -0.05) is 44.2 Å². The van der Waals surface area contributed by atoms with Gasteiger partial charge in [-0.05, 0) is 42.9 Å². The van der Waals surface area contributed by atoms with Crippen LogP contribution >= 0.6 is 11.6 Å². The summed E-state index contributed by atoms with van der Waals surface area (Å²) in [5, 5.41) is 0.720. The fraction of sp³-hybridized carbons (Fsp3) is 0.400. The second-order valence-electron chi connectivity index (χ2n) is 7.30. The Bertz CT molecular complexity index is 740. The number of rotatable bonds is 3. The van der Waals surface area contributed by atoms with E-state index >= 15 is 0 Å². The molecule has 1 aliphatic rings. The normalized spacial score (nSPS) is 16.9. The summed E-state index contributed by atoms with van der Waals surface area (Å²) >= 11 is 5.96. The zero-order valence-electron chi connectivity index (χ0n) is 14.6. The number of hydrogen-bond donors (Lipinski definition) is 0. The number of halogens is 1. The lowest BCUT2D eigenvalue weighted by Gasteiger charge is -2.37. The van der Waals surface area contributed by atoms with E-state index in [1.165, 1.54) is 12.8 Å². The van der Waals surface area contributed by atoms with Crippen molar-refractivity contribution in [1.29, 1.82) is 0 Å². The van der Waals surface area contributed by atoms with Crippen molar-refractivity contribution in [2.24, 2.45) is 5.41 Å². The Morgan fingerprint density at radius 2 is 1.79 bits per heavy atom. The molecule has 1 aromatic carbocycles. The molecule has 0 atom stereocenters. The third-order valence-electron chi connectivity index (χ3n) is 4.85. The molecule has 3 nitrogen and oxygen atoms in total. The van der Waals surface area contributed by atoms with E-state index in [2.05, 4.69) is 30.3 Å². The van der Waals surface area contributed by atoms with Gasteiger partial charge in [0.15, 0.2) is 0 Å². The number of hydrogen-bond acceptors (Lipinski definition) is 3. The SMILES string of the molecule is C=C(c1ccc(Cl)cc1)c1ncc(N2CCC(C)(C)CC2)nc1C. The Hall–Kier alpha value is -1.87. The van der Waals surface area contributed by atoms with Crippen LogP contribution in [0.5, 0.6) is 0 Å². The monoisotopic (exact) mass is 341 g/mol. The van der Waals surface area contributed by atoms with Gasteiger partial charge < -0.3 is 4.90 Å². The number of nitrogens with zero attached hydrogens (tertiary/aromatic N) is 3. The first-order valence-corrected chi connectivity index (χ1v) is 8.77. The van der Waals surface area contributed by atoms with Crippen LogP contribution in [-0.2, 0) is 0 Å². The highest BCUT2D eigenvalue weighted by Gasteiger charge is 2.26. The molecule has 0 amide bonds. The van der Waals surface area contributed by atoms with Gasteiger partial charge in [-0.2, -0.15) is 0 Å². The summed E-state index contributed by atoms with van der Waals surface area (Å²) in [6.45, 7) is 12.9. The predicted molar refractivity (Wildman–Crippen MR) is 102 cm³/mol. The molecule has 1 fully saturated rings. The largest absolute Gasteiger partial charge is 0.355 e. The van der Waals surface area contributed by atoms with Crippen LogP contribution in [0.25, 0.3) is 5.57 Å². The molecule has 2 heterocycles. The maximum absolute atomic E-state index is 5.96. The number of aromatic nitrogens is 2. The van der Waals surface area contributed by atoms with Gasteiger partial charge in [0, 0.05) is 23.7 Å². The zero-order chi connectivity index (χ0) is 17.3. The van der Waals surface area contributed by atoms with E-state index in [9.17, 15) is 0 Å². The van der Waals surface area contributed by atoms with Crippen LogP contribution in [0.3, 0.4) is 0 Å². The minimum absolute atomic E-state index is 0.432. The van der Waals surface area contributed by atoms with Crippen LogP contribution in [0.15, 0.2) is 37.0 Å². The van der Waals surface area contributed by atoms with Crippen molar-refractivity contribution in [3.05, 3.63) is 59.0 Å². The Labute approximate surface area is 149 Å². The molecule has 1 aliphatic heterocycles. The molecule has 0 bridgehead atoms. The quantitative estimate of drug-likeness (QED) is 0.775. The smallest absolute Gasteiger partial charge is 0.147 e. The highest BCUT2D eigenvalue weighted by atomic mass is 35.5. The average molecular weight is 342 g/mol. The Morgan fingerprint density at radius 1 is 1.17 bits per heavy atom. The van der Waals surface area contributed by atoms with Gasteiger partial charge in [0.1, 0.15) is 5.82 Å². The van der Waals surface area contributed by atoms with Crippen molar-refractivity contribution < 1.29 is 0 Å². The number of benzene rings is 1. The van der Waals surface area contributed by atoms with Gasteiger partial charge in [0.05, 0.1) is 17.6 Å². The van der Waals surface area contributed by atoms with Crippen molar-refractivity contribution in [1.82, 2.24) is 9.97 Å². The van der Waals surface area contributed by atoms with E-state index in [1.807, 2.05) is 37.4 Å². The summed E-state index contributed by atoms with van der Waals surface area (Å²) in [4.78, 5) is 11.8. The molecule has 126 valence electrons. The maximum atomic E-state index is 5.96. The first-order chi connectivity index (χ1) is 11.4. The first kappa shape index (κ1) is 17.0. The third kappa shape index (κ3) is 3.62. The fourth-order valence-corrected chi connectivity index (χ4v) is 3.17. The number of aryl methyl sites for hydroxylation is 1. The molecule has 0 saturated carbocycles. The predicted octanol–water partition coefficient (Wildman–Crippen LogP) is 5.13. The molecule has 4 heteroatoms. The van der Waals surface area contributed by atoms with E-state index in [0.29, 0.717) is 5.41 Å². The average Bonchev–Trinajstić information content (AvgIpc) is 2.55. The molecule has 2 aromatic rings. The van der Waals surface area contributed by atoms with E-state index < -0.39 is 0 Å². The second-order valence-corrected chi connectivity index (χ2v) is 7.74. The van der Waals surface area contributed by atoms with Crippen LogP contribution < -0.4 is 4.90 Å². The van der Waals surface area contributed by atoms with Crippen molar-refractivity contribution in [2.45, 2.75) is 33.6 Å².